The van der Waals surface area contributed by atoms with Gasteiger partial charge in [0.05, 0.1) is 0 Å². The van der Waals surface area contributed by atoms with Crippen molar-refractivity contribution in [1.29, 1.82) is 0 Å². The number of benzene rings is 1. The van der Waals surface area contributed by atoms with Crippen LogP contribution >= 0.6 is 10.8 Å². The average Bonchev–Trinajstić information content (AvgIpc) is 2.70. The van der Waals surface area contributed by atoms with Crippen LogP contribution in [0.15, 0.2) is 35.2 Å². The molecule has 0 amide bonds. The fourth-order valence-electron chi connectivity index (χ4n) is 3.00. The van der Waals surface area contributed by atoms with Gasteiger partial charge in [-0.2, -0.15) is 8.42 Å². The number of hydrogen-bond acceptors (Lipinski definition) is 13. The van der Waals surface area contributed by atoms with Gasteiger partial charge in [0.2, 0.25) is 6.29 Å². The highest BCUT2D eigenvalue weighted by molar-refractivity contribution is 8.70. The minimum atomic E-state index is -4.41. The van der Waals surface area contributed by atoms with Gasteiger partial charge in [0.15, 0.2) is 18.3 Å². The van der Waals surface area contributed by atoms with Crippen molar-refractivity contribution in [3.63, 3.8) is 0 Å². The Morgan fingerprint density at radius 2 is 1.35 bits per heavy atom. The van der Waals surface area contributed by atoms with Gasteiger partial charge in [-0.05, 0) is 12.1 Å². The summed E-state index contributed by atoms with van der Waals surface area (Å²) in [4.78, 5) is 46.9. The highest BCUT2D eigenvalue weighted by Crippen LogP contribution is 2.34. The van der Waals surface area contributed by atoms with E-state index in [1.807, 2.05) is 0 Å². The van der Waals surface area contributed by atoms with Crippen LogP contribution in [0.1, 0.15) is 27.7 Å². The summed E-state index contributed by atoms with van der Waals surface area (Å²) in [6.45, 7) is 3.75. The molecule has 0 unspecified atom stereocenters. The molecule has 0 spiro atoms. The Morgan fingerprint density at radius 1 is 0.824 bits per heavy atom. The van der Waals surface area contributed by atoms with Gasteiger partial charge < -0.3 is 23.7 Å². The Kier molecular flexibility index (Phi) is 9.85. The van der Waals surface area contributed by atoms with Crippen molar-refractivity contribution in [2.24, 2.45) is 0 Å². The molecule has 2 rings (SSSR count). The van der Waals surface area contributed by atoms with Crippen molar-refractivity contribution in [3.8, 4) is 0 Å². The van der Waals surface area contributed by atoms with E-state index in [2.05, 4.69) is 0 Å². The maximum atomic E-state index is 12.7. The predicted octanol–water partition coefficient (Wildman–Crippen LogP) is 1.12. The second-order valence-electron chi connectivity index (χ2n) is 6.97. The molecule has 0 radical (unpaired) electrons. The van der Waals surface area contributed by atoms with Crippen LogP contribution in [-0.2, 0) is 56.2 Å². The van der Waals surface area contributed by atoms with Gasteiger partial charge in [0, 0.05) is 43.4 Å². The van der Waals surface area contributed by atoms with Crippen LogP contribution in [0.3, 0.4) is 0 Å². The van der Waals surface area contributed by atoms with E-state index in [9.17, 15) is 27.6 Å². The Bertz CT molecular complexity index is 994. The van der Waals surface area contributed by atoms with Crippen LogP contribution in [0.25, 0.3) is 0 Å². The fourth-order valence-corrected chi connectivity index (χ4v) is 5.32. The number of carbonyl (C=O) groups excluding carboxylic acids is 4. The lowest BCUT2D eigenvalue weighted by Crippen LogP contribution is -2.63. The molecule has 188 valence electrons. The highest BCUT2D eigenvalue weighted by atomic mass is 33.1. The molecule has 0 bridgehead atoms. The molecule has 1 heterocycles. The average molecular weight is 521 g/mol. The zero-order valence-electron chi connectivity index (χ0n) is 18.7. The quantitative estimate of drug-likeness (QED) is 0.259. The summed E-state index contributed by atoms with van der Waals surface area (Å²) in [5, 5.41) is 0. The molecule has 34 heavy (non-hydrogen) atoms. The van der Waals surface area contributed by atoms with Crippen LogP contribution in [0.2, 0.25) is 0 Å². The van der Waals surface area contributed by atoms with E-state index >= 15 is 0 Å². The zero-order chi connectivity index (χ0) is 25.5. The maximum absolute atomic E-state index is 12.7. The molecule has 1 aliphatic heterocycles. The van der Waals surface area contributed by atoms with Gasteiger partial charge >= 0.3 is 33.0 Å². The van der Waals surface area contributed by atoms with Crippen LogP contribution in [0.5, 0.6) is 0 Å². The van der Waals surface area contributed by atoms with Crippen molar-refractivity contribution in [1.82, 2.24) is 0 Å². The van der Waals surface area contributed by atoms with Crippen LogP contribution in [-0.4, -0.2) is 69.6 Å². The lowest BCUT2D eigenvalue weighted by molar-refractivity contribution is -0.287. The van der Waals surface area contributed by atoms with E-state index < -0.39 is 70.3 Å². The largest absolute Gasteiger partial charge is 0.463 e. The van der Waals surface area contributed by atoms with E-state index in [0.29, 0.717) is 15.7 Å². The summed E-state index contributed by atoms with van der Waals surface area (Å²) < 4.78 is 56.7. The minimum absolute atomic E-state index is 0.327. The second kappa shape index (κ2) is 12.1. The number of rotatable bonds is 9. The van der Waals surface area contributed by atoms with E-state index in [1.165, 1.54) is 12.1 Å². The minimum Gasteiger partial charge on any atom is -0.463 e. The first-order valence-electron chi connectivity index (χ1n) is 9.86. The summed E-state index contributed by atoms with van der Waals surface area (Å²) in [6.07, 6.45) is -7.77. The van der Waals surface area contributed by atoms with Crippen LogP contribution in [0.4, 0.5) is 0 Å². The van der Waals surface area contributed by atoms with E-state index in [-0.39, 0.29) is 0 Å². The van der Waals surface area contributed by atoms with Gasteiger partial charge in [-0.3, -0.25) is 19.2 Å². The van der Waals surface area contributed by atoms with Gasteiger partial charge in [-0.1, -0.05) is 18.2 Å². The fraction of sp³-hybridized carbons (Fsp3) is 0.500. The van der Waals surface area contributed by atoms with Crippen molar-refractivity contribution in [3.05, 3.63) is 30.3 Å². The summed E-state index contributed by atoms with van der Waals surface area (Å²) >= 11 is 0. The van der Waals surface area contributed by atoms with Crippen molar-refractivity contribution < 1.29 is 55.5 Å². The molecule has 14 heteroatoms. The van der Waals surface area contributed by atoms with Crippen LogP contribution in [0, 0.1) is 0 Å². The molecule has 1 fully saturated rings. The second-order valence-corrected chi connectivity index (χ2v) is 10.3. The van der Waals surface area contributed by atoms with E-state index in [1.54, 1.807) is 18.2 Å². The molecular formula is C20H24O12S2. The predicted molar refractivity (Wildman–Crippen MR) is 114 cm³/mol. The van der Waals surface area contributed by atoms with Gasteiger partial charge in [-0.25, -0.2) is 4.18 Å². The molecule has 1 aliphatic rings. The van der Waals surface area contributed by atoms with Gasteiger partial charge in [0.25, 0.3) is 0 Å². The summed E-state index contributed by atoms with van der Waals surface area (Å²) in [7, 11) is -4.05. The molecule has 0 N–H and O–H groups in total. The number of carbonyl (C=O) groups is 4. The Morgan fingerprint density at radius 3 is 1.88 bits per heavy atom. The topological polar surface area (TPSA) is 158 Å². The first-order chi connectivity index (χ1) is 15.9. The summed E-state index contributed by atoms with van der Waals surface area (Å²) in [5.41, 5.74) is 0. The zero-order valence-corrected chi connectivity index (χ0v) is 20.3. The molecule has 5 atom stereocenters. The first kappa shape index (κ1) is 27.6. The monoisotopic (exact) mass is 520 g/mol. The number of hydrogen-bond donors (Lipinski definition) is 0. The third-order valence-corrected chi connectivity index (χ3v) is 6.62. The molecule has 0 saturated carbocycles. The van der Waals surface area contributed by atoms with Crippen molar-refractivity contribution in [2.45, 2.75) is 63.3 Å². The lowest BCUT2D eigenvalue weighted by Gasteiger charge is -2.43. The van der Waals surface area contributed by atoms with Gasteiger partial charge in [0.1, 0.15) is 12.7 Å². The molecule has 0 aliphatic carbocycles. The first-order valence-corrected chi connectivity index (χ1v) is 12.6. The van der Waals surface area contributed by atoms with Crippen molar-refractivity contribution in [2.75, 3.05) is 6.61 Å². The highest BCUT2D eigenvalue weighted by Gasteiger charge is 2.54. The van der Waals surface area contributed by atoms with E-state index in [0.717, 1.165) is 27.7 Å². The molecule has 1 saturated heterocycles. The Balaban J connectivity index is 2.43. The molecule has 12 nitrogen and oxygen atoms in total. The summed E-state index contributed by atoms with van der Waals surface area (Å²) in [5.74, 6) is -3.26. The smallest absolute Gasteiger partial charge is 0.329 e. The summed E-state index contributed by atoms with van der Waals surface area (Å²) in [6, 6.07) is 7.98. The van der Waals surface area contributed by atoms with Gasteiger partial charge in [-0.15, -0.1) is 0 Å². The Hall–Kier alpha value is -2.68. The molecule has 1 aromatic rings. The SMILES string of the molecule is CC(=O)OC[C@H]1O[C@@H](OS(=O)(=O)Sc2ccccc2)[C@H](OC(C)=O)[C@@H](OC(C)=O)[C@H]1OC(C)=O. The Labute approximate surface area is 199 Å². The number of ether oxygens (including phenoxy) is 5. The molecule has 0 aromatic heterocycles. The molecular weight excluding hydrogens is 496 g/mol. The maximum Gasteiger partial charge on any atom is 0.329 e. The third kappa shape index (κ3) is 8.59. The molecule has 1 aromatic carbocycles. The third-order valence-electron chi connectivity index (χ3n) is 4.10. The van der Waals surface area contributed by atoms with E-state index in [4.69, 9.17) is 27.9 Å². The normalized spacial score (nSPS) is 24.5. The van der Waals surface area contributed by atoms with Crippen LogP contribution < -0.4 is 0 Å². The number of esters is 4. The standard InChI is InChI=1S/C20H24O12S2/c1-11(21)27-10-16-17(28-12(2)22)18(29-13(3)23)19(30-14(4)24)20(31-16)32-34(25,26)33-15-8-6-5-7-9-15/h5-9,16-20H,10H2,1-4H3/t16-,17+,18+,19-,20+/m1/s1. The van der Waals surface area contributed by atoms with Crippen molar-refractivity contribution >= 4 is 43.8 Å². The lowest BCUT2D eigenvalue weighted by atomic mass is 9.98.